The van der Waals surface area contributed by atoms with Crippen molar-refractivity contribution in [2.45, 2.75) is 13.3 Å². The zero-order valence-electron chi connectivity index (χ0n) is 9.24. The van der Waals surface area contributed by atoms with Crippen LogP contribution in [0.25, 0.3) is 11.4 Å². The molecule has 0 fully saturated rings. The largest absolute Gasteiger partial charge is 0.383 e. The molecular formula is C12H11ClIN3. The van der Waals surface area contributed by atoms with Crippen LogP contribution in [0.3, 0.4) is 0 Å². The van der Waals surface area contributed by atoms with Crippen molar-refractivity contribution in [1.29, 1.82) is 0 Å². The first-order valence-electron chi connectivity index (χ1n) is 5.19. The Morgan fingerprint density at radius 2 is 1.88 bits per heavy atom. The SMILES string of the molecule is CCc1nc(-c2ccc(Cl)cc2)nc(N)c1I. The van der Waals surface area contributed by atoms with Crippen molar-refractivity contribution in [2.24, 2.45) is 0 Å². The van der Waals surface area contributed by atoms with E-state index in [4.69, 9.17) is 17.3 Å². The second-order valence-corrected chi connectivity index (χ2v) is 5.07. The van der Waals surface area contributed by atoms with E-state index in [1.54, 1.807) is 0 Å². The Balaban J connectivity index is 2.52. The van der Waals surface area contributed by atoms with Gasteiger partial charge in [0, 0.05) is 10.6 Å². The van der Waals surface area contributed by atoms with Crippen molar-refractivity contribution in [3.63, 3.8) is 0 Å². The van der Waals surface area contributed by atoms with Gasteiger partial charge in [0.25, 0.3) is 0 Å². The lowest BCUT2D eigenvalue weighted by Crippen LogP contribution is -2.04. The fraction of sp³-hybridized carbons (Fsp3) is 0.167. The summed E-state index contributed by atoms with van der Waals surface area (Å²) in [5.41, 5.74) is 7.78. The summed E-state index contributed by atoms with van der Waals surface area (Å²) >= 11 is 8.02. The third-order valence-corrected chi connectivity index (χ3v) is 3.81. The highest BCUT2D eigenvalue weighted by atomic mass is 127. The van der Waals surface area contributed by atoms with Crippen molar-refractivity contribution < 1.29 is 0 Å². The smallest absolute Gasteiger partial charge is 0.161 e. The molecule has 0 amide bonds. The van der Waals surface area contributed by atoms with E-state index in [9.17, 15) is 0 Å². The molecule has 0 unspecified atom stereocenters. The van der Waals surface area contributed by atoms with Gasteiger partial charge in [0.15, 0.2) is 5.82 Å². The molecule has 0 radical (unpaired) electrons. The second kappa shape index (κ2) is 5.18. The molecule has 1 aromatic heterocycles. The number of nitrogen functional groups attached to an aromatic ring is 1. The fourth-order valence-corrected chi connectivity index (χ4v) is 2.22. The van der Waals surface area contributed by atoms with Gasteiger partial charge in [0.2, 0.25) is 0 Å². The van der Waals surface area contributed by atoms with Crippen LogP contribution in [0.4, 0.5) is 5.82 Å². The minimum atomic E-state index is 0.530. The van der Waals surface area contributed by atoms with Gasteiger partial charge in [0.1, 0.15) is 5.82 Å². The van der Waals surface area contributed by atoms with Crippen LogP contribution >= 0.6 is 34.2 Å². The first-order chi connectivity index (χ1) is 8.11. The van der Waals surface area contributed by atoms with E-state index in [1.165, 1.54) is 0 Å². The number of hydrogen-bond donors (Lipinski definition) is 1. The third-order valence-electron chi connectivity index (χ3n) is 2.38. The standard InChI is InChI=1S/C12H11ClIN3/c1-2-9-10(14)11(15)17-12(16-9)7-3-5-8(13)6-4-7/h3-6H,2H2,1H3,(H2,15,16,17). The van der Waals surface area contributed by atoms with E-state index in [1.807, 2.05) is 24.3 Å². The molecule has 0 spiro atoms. The lowest BCUT2D eigenvalue weighted by atomic mass is 10.2. The number of benzene rings is 1. The lowest BCUT2D eigenvalue weighted by molar-refractivity contribution is 0.994. The van der Waals surface area contributed by atoms with E-state index >= 15 is 0 Å². The molecule has 2 aromatic rings. The molecule has 0 saturated heterocycles. The number of nitrogens with two attached hydrogens (primary N) is 1. The van der Waals surface area contributed by atoms with Crippen LogP contribution in [0.1, 0.15) is 12.6 Å². The van der Waals surface area contributed by atoms with E-state index in [0.717, 1.165) is 21.2 Å². The number of nitrogens with zero attached hydrogens (tertiary/aromatic N) is 2. The Morgan fingerprint density at radius 3 is 2.47 bits per heavy atom. The topological polar surface area (TPSA) is 51.8 Å². The summed E-state index contributed by atoms with van der Waals surface area (Å²) in [5, 5.41) is 0.697. The minimum Gasteiger partial charge on any atom is -0.383 e. The maximum absolute atomic E-state index is 5.88. The van der Waals surface area contributed by atoms with Gasteiger partial charge < -0.3 is 5.73 Å². The molecule has 0 atom stereocenters. The number of aryl methyl sites for hydroxylation is 1. The highest BCUT2D eigenvalue weighted by molar-refractivity contribution is 14.1. The molecule has 0 saturated carbocycles. The summed E-state index contributed by atoms with van der Waals surface area (Å²) in [5.74, 6) is 1.18. The predicted molar refractivity (Wildman–Crippen MR) is 79.0 cm³/mol. The van der Waals surface area contributed by atoms with Crippen LogP contribution in [-0.4, -0.2) is 9.97 Å². The maximum atomic E-state index is 5.88. The molecule has 0 bridgehead atoms. The summed E-state index contributed by atoms with van der Waals surface area (Å²) in [7, 11) is 0. The molecule has 0 aliphatic carbocycles. The van der Waals surface area contributed by atoms with Gasteiger partial charge in [-0.1, -0.05) is 18.5 Å². The van der Waals surface area contributed by atoms with Crippen LogP contribution in [-0.2, 0) is 6.42 Å². The van der Waals surface area contributed by atoms with Gasteiger partial charge in [-0.05, 0) is 53.3 Å². The molecule has 2 rings (SSSR count). The number of aromatic nitrogens is 2. The highest BCUT2D eigenvalue weighted by Crippen LogP contribution is 2.23. The van der Waals surface area contributed by atoms with Crippen LogP contribution < -0.4 is 5.73 Å². The molecule has 3 nitrogen and oxygen atoms in total. The van der Waals surface area contributed by atoms with Crippen molar-refractivity contribution in [1.82, 2.24) is 9.97 Å². The average Bonchev–Trinajstić information content (AvgIpc) is 2.33. The first kappa shape index (κ1) is 12.6. The summed E-state index contributed by atoms with van der Waals surface area (Å²) in [6.45, 7) is 2.05. The summed E-state index contributed by atoms with van der Waals surface area (Å²) < 4.78 is 0.933. The Morgan fingerprint density at radius 1 is 1.24 bits per heavy atom. The quantitative estimate of drug-likeness (QED) is 0.834. The normalized spacial score (nSPS) is 10.5. The molecule has 5 heteroatoms. The molecule has 2 N–H and O–H groups in total. The van der Waals surface area contributed by atoms with Crippen LogP contribution in [0.2, 0.25) is 5.02 Å². The Kier molecular flexibility index (Phi) is 3.83. The first-order valence-corrected chi connectivity index (χ1v) is 6.65. The zero-order valence-corrected chi connectivity index (χ0v) is 12.2. The fourth-order valence-electron chi connectivity index (χ4n) is 1.48. The molecular weight excluding hydrogens is 349 g/mol. The van der Waals surface area contributed by atoms with E-state index in [0.29, 0.717) is 16.7 Å². The molecule has 1 heterocycles. The van der Waals surface area contributed by atoms with Gasteiger partial charge in [-0.3, -0.25) is 0 Å². The van der Waals surface area contributed by atoms with Crippen molar-refractivity contribution >= 4 is 40.0 Å². The van der Waals surface area contributed by atoms with Gasteiger partial charge in [-0.2, -0.15) is 0 Å². The number of hydrogen-bond acceptors (Lipinski definition) is 3. The monoisotopic (exact) mass is 359 g/mol. The van der Waals surface area contributed by atoms with Crippen LogP contribution in [0, 0.1) is 3.57 Å². The van der Waals surface area contributed by atoms with E-state index in [-0.39, 0.29) is 0 Å². The minimum absolute atomic E-state index is 0.530. The van der Waals surface area contributed by atoms with E-state index in [2.05, 4.69) is 39.5 Å². The lowest BCUT2D eigenvalue weighted by Gasteiger charge is -2.07. The summed E-state index contributed by atoms with van der Waals surface area (Å²) in [6, 6.07) is 7.42. The van der Waals surface area contributed by atoms with Gasteiger partial charge in [-0.25, -0.2) is 9.97 Å². The number of anilines is 1. The zero-order chi connectivity index (χ0) is 12.4. The molecule has 1 aromatic carbocycles. The van der Waals surface area contributed by atoms with Gasteiger partial charge >= 0.3 is 0 Å². The predicted octanol–water partition coefficient (Wildman–Crippen LogP) is 3.55. The average molecular weight is 360 g/mol. The Hall–Kier alpha value is -0.880. The van der Waals surface area contributed by atoms with E-state index < -0.39 is 0 Å². The molecule has 0 aliphatic rings. The van der Waals surface area contributed by atoms with Crippen molar-refractivity contribution in [3.8, 4) is 11.4 Å². The number of rotatable bonds is 2. The van der Waals surface area contributed by atoms with Gasteiger partial charge in [0.05, 0.1) is 9.26 Å². The van der Waals surface area contributed by atoms with Gasteiger partial charge in [-0.15, -0.1) is 0 Å². The Bertz CT molecular complexity index is 540. The van der Waals surface area contributed by atoms with Crippen LogP contribution in [0.5, 0.6) is 0 Å². The maximum Gasteiger partial charge on any atom is 0.161 e. The highest BCUT2D eigenvalue weighted by Gasteiger charge is 2.09. The van der Waals surface area contributed by atoms with Crippen LogP contribution in [0.15, 0.2) is 24.3 Å². The second-order valence-electron chi connectivity index (χ2n) is 3.55. The van der Waals surface area contributed by atoms with Crippen molar-refractivity contribution in [2.75, 3.05) is 5.73 Å². The summed E-state index contributed by atoms with van der Waals surface area (Å²) in [6.07, 6.45) is 0.839. The molecule has 88 valence electrons. The molecule has 0 aliphatic heterocycles. The Labute approximate surface area is 119 Å². The van der Waals surface area contributed by atoms with Crippen molar-refractivity contribution in [3.05, 3.63) is 38.6 Å². The number of halogens is 2. The third kappa shape index (κ3) is 2.69. The summed E-state index contributed by atoms with van der Waals surface area (Å²) in [4.78, 5) is 8.81. The molecule has 17 heavy (non-hydrogen) atoms.